The number of hydrogen-bond acceptors (Lipinski definition) is 3. The summed E-state index contributed by atoms with van der Waals surface area (Å²) in [6.45, 7) is 5.88. The molecular formula is C14H17ClN2O2. The van der Waals surface area contributed by atoms with Gasteiger partial charge in [-0.15, -0.1) is 0 Å². The SMILES string of the molecule is CC(C)(C)OC(=O)NCCC#Cc1cccnc1Cl. The van der Waals surface area contributed by atoms with Crippen LogP contribution in [0.3, 0.4) is 0 Å². The van der Waals surface area contributed by atoms with Crippen LogP contribution < -0.4 is 5.32 Å². The van der Waals surface area contributed by atoms with Gasteiger partial charge in [0.25, 0.3) is 0 Å². The van der Waals surface area contributed by atoms with Gasteiger partial charge in [-0.1, -0.05) is 23.4 Å². The molecule has 0 aromatic carbocycles. The summed E-state index contributed by atoms with van der Waals surface area (Å²) in [4.78, 5) is 15.3. The maximum Gasteiger partial charge on any atom is 0.407 e. The number of carbonyl (C=O) groups is 1. The van der Waals surface area contributed by atoms with Crippen LogP contribution in [0.2, 0.25) is 5.15 Å². The van der Waals surface area contributed by atoms with Crippen molar-refractivity contribution >= 4 is 17.7 Å². The van der Waals surface area contributed by atoms with Crippen molar-refractivity contribution in [2.45, 2.75) is 32.8 Å². The molecule has 0 aliphatic heterocycles. The number of aromatic nitrogens is 1. The molecule has 1 N–H and O–H groups in total. The standard InChI is InChI=1S/C14H17ClN2O2/c1-14(2,3)19-13(18)17-9-5-4-7-11-8-6-10-16-12(11)15/h6,8,10H,5,9H2,1-3H3,(H,17,18). The molecule has 1 aromatic rings. The Bertz CT molecular complexity index is 498. The van der Waals surface area contributed by atoms with Gasteiger partial charge >= 0.3 is 6.09 Å². The van der Waals surface area contributed by atoms with E-state index in [9.17, 15) is 4.79 Å². The van der Waals surface area contributed by atoms with Crippen molar-refractivity contribution in [3.63, 3.8) is 0 Å². The first-order valence-electron chi connectivity index (χ1n) is 5.95. The minimum atomic E-state index is -0.487. The van der Waals surface area contributed by atoms with E-state index in [2.05, 4.69) is 22.1 Å². The predicted octanol–water partition coefficient (Wildman–Crippen LogP) is 3.00. The van der Waals surface area contributed by atoms with E-state index in [1.54, 1.807) is 18.3 Å². The van der Waals surface area contributed by atoms with Gasteiger partial charge in [-0.25, -0.2) is 9.78 Å². The molecule has 4 nitrogen and oxygen atoms in total. The van der Waals surface area contributed by atoms with Crippen LogP contribution in [0, 0.1) is 11.8 Å². The molecule has 0 bridgehead atoms. The molecule has 0 saturated heterocycles. The number of hydrogen-bond donors (Lipinski definition) is 1. The summed E-state index contributed by atoms with van der Waals surface area (Å²) < 4.78 is 5.09. The van der Waals surface area contributed by atoms with Gasteiger partial charge in [-0.05, 0) is 32.9 Å². The molecule has 1 aromatic heterocycles. The third kappa shape index (κ3) is 6.68. The van der Waals surface area contributed by atoms with Gasteiger partial charge in [0, 0.05) is 19.2 Å². The number of alkyl carbamates (subject to hydrolysis) is 1. The van der Waals surface area contributed by atoms with Gasteiger partial charge in [0.1, 0.15) is 10.8 Å². The first-order valence-corrected chi connectivity index (χ1v) is 6.32. The Morgan fingerprint density at radius 3 is 2.89 bits per heavy atom. The fourth-order valence-electron chi connectivity index (χ4n) is 1.18. The van der Waals surface area contributed by atoms with Crippen molar-refractivity contribution in [1.29, 1.82) is 0 Å². The molecule has 19 heavy (non-hydrogen) atoms. The summed E-state index contributed by atoms with van der Waals surface area (Å²) in [6, 6.07) is 3.57. The highest BCUT2D eigenvalue weighted by atomic mass is 35.5. The molecule has 0 aliphatic rings. The van der Waals surface area contributed by atoms with Crippen LogP contribution in [0.5, 0.6) is 0 Å². The molecular weight excluding hydrogens is 264 g/mol. The summed E-state index contributed by atoms with van der Waals surface area (Å²) in [5, 5.41) is 3.01. The number of halogens is 1. The van der Waals surface area contributed by atoms with Crippen LogP contribution in [0.1, 0.15) is 32.8 Å². The normalized spacial score (nSPS) is 10.3. The monoisotopic (exact) mass is 280 g/mol. The van der Waals surface area contributed by atoms with Crippen LogP contribution in [0.25, 0.3) is 0 Å². The second-order valence-electron chi connectivity index (χ2n) is 4.82. The van der Waals surface area contributed by atoms with Gasteiger partial charge in [0.2, 0.25) is 0 Å². The molecule has 5 heteroatoms. The Hall–Kier alpha value is -1.73. The van der Waals surface area contributed by atoms with E-state index in [4.69, 9.17) is 16.3 Å². The molecule has 0 spiro atoms. The lowest BCUT2D eigenvalue weighted by Gasteiger charge is -2.19. The first-order chi connectivity index (χ1) is 8.88. The zero-order valence-corrected chi connectivity index (χ0v) is 12.0. The van der Waals surface area contributed by atoms with Gasteiger partial charge < -0.3 is 10.1 Å². The number of rotatable bonds is 2. The lowest BCUT2D eigenvalue weighted by atomic mass is 10.2. The van der Waals surface area contributed by atoms with Gasteiger partial charge in [0.05, 0.1) is 5.56 Å². The van der Waals surface area contributed by atoms with E-state index in [0.29, 0.717) is 23.7 Å². The first kappa shape index (κ1) is 15.3. The Balaban J connectivity index is 2.33. The largest absolute Gasteiger partial charge is 0.444 e. The molecule has 1 rings (SSSR count). The maximum absolute atomic E-state index is 11.3. The minimum Gasteiger partial charge on any atom is -0.444 e. The van der Waals surface area contributed by atoms with Gasteiger partial charge in [-0.3, -0.25) is 0 Å². The van der Waals surface area contributed by atoms with Gasteiger partial charge in [-0.2, -0.15) is 0 Å². The van der Waals surface area contributed by atoms with Crippen molar-refractivity contribution in [1.82, 2.24) is 10.3 Å². The van der Waals surface area contributed by atoms with E-state index in [-0.39, 0.29) is 0 Å². The second kappa shape index (κ2) is 7.01. The molecule has 1 heterocycles. The van der Waals surface area contributed by atoms with E-state index in [1.807, 2.05) is 20.8 Å². The van der Waals surface area contributed by atoms with Crippen LogP contribution >= 0.6 is 11.6 Å². The molecule has 0 fully saturated rings. The number of nitrogens with one attached hydrogen (secondary N) is 1. The quantitative estimate of drug-likeness (QED) is 0.515. The average molecular weight is 281 g/mol. The third-order valence-corrected chi connectivity index (χ3v) is 2.20. The lowest BCUT2D eigenvalue weighted by molar-refractivity contribution is 0.0529. The van der Waals surface area contributed by atoms with E-state index < -0.39 is 11.7 Å². The average Bonchev–Trinajstić information content (AvgIpc) is 2.28. The van der Waals surface area contributed by atoms with Gasteiger partial charge in [0.15, 0.2) is 0 Å². The minimum absolute atomic E-state index is 0.384. The van der Waals surface area contributed by atoms with Crippen molar-refractivity contribution < 1.29 is 9.53 Å². The highest BCUT2D eigenvalue weighted by Crippen LogP contribution is 2.09. The van der Waals surface area contributed by atoms with Crippen molar-refractivity contribution in [3.8, 4) is 11.8 Å². The highest BCUT2D eigenvalue weighted by Gasteiger charge is 2.15. The van der Waals surface area contributed by atoms with E-state index in [0.717, 1.165) is 0 Å². The molecule has 0 aliphatic carbocycles. The Kier molecular flexibility index (Phi) is 5.65. The summed E-state index contributed by atoms with van der Waals surface area (Å²) in [6.07, 6.45) is 1.69. The van der Waals surface area contributed by atoms with Crippen molar-refractivity contribution in [2.75, 3.05) is 6.54 Å². The third-order valence-electron chi connectivity index (χ3n) is 1.90. The summed E-state index contributed by atoms with van der Waals surface area (Å²) in [7, 11) is 0. The van der Waals surface area contributed by atoms with Crippen LogP contribution in [-0.2, 0) is 4.74 Å². The zero-order valence-electron chi connectivity index (χ0n) is 11.3. The Labute approximate surface area is 118 Å². The van der Waals surface area contributed by atoms with Crippen LogP contribution in [0.4, 0.5) is 4.79 Å². The van der Waals surface area contributed by atoms with Crippen molar-refractivity contribution in [3.05, 3.63) is 29.0 Å². The zero-order chi connectivity index (χ0) is 14.3. The number of nitrogens with zero attached hydrogens (tertiary/aromatic N) is 1. The second-order valence-corrected chi connectivity index (χ2v) is 5.18. The smallest absolute Gasteiger partial charge is 0.407 e. The fraction of sp³-hybridized carbons (Fsp3) is 0.429. The Morgan fingerprint density at radius 2 is 2.26 bits per heavy atom. The molecule has 0 saturated carbocycles. The lowest BCUT2D eigenvalue weighted by Crippen LogP contribution is -2.32. The predicted molar refractivity (Wildman–Crippen MR) is 75.0 cm³/mol. The summed E-state index contributed by atoms with van der Waals surface area (Å²) >= 11 is 5.86. The van der Waals surface area contributed by atoms with Crippen molar-refractivity contribution in [2.24, 2.45) is 0 Å². The van der Waals surface area contributed by atoms with Crippen LogP contribution in [-0.4, -0.2) is 23.2 Å². The topological polar surface area (TPSA) is 51.2 Å². The molecule has 102 valence electrons. The number of carbonyl (C=O) groups excluding carboxylic acids is 1. The highest BCUT2D eigenvalue weighted by molar-refractivity contribution is 6.30. The Morgan fingerprint density at radius 1 is 1.53 bits per heavy atom. The molecule has 0 radical (unpaired) electrons. The number of pyridine rings is 1. The number of ether oxygens (including phenoxy) is 1. The summed E-state index contributed by atoms with van der Waals surface area (Å²) in [5.41, 5.74) is 0.195. The van der Waals surface area contributed by atoms with E-state index >= 15 is 0 Å². The summed E-state index contributed by atoms with van der Waals surface area (Å²) in [5.74, 6) is 5.81. The number of amides is 1. The van der Waals surface area contributed by atoms with E-state index in [1.165, 1.54) is 0 Å². The van der Waals surface area contributed by atoms with Crippen LogP contribution in [0.15, 0.2) is 18.3 Å². The maximum atomic E-state index is 11.3. The molecule has 0 unspecified atom stereocenters. The fourth-order valence-corrected chi connectivity index (χ4v) is 1.34. The molecule has 1 amide bonds. The molecule has 0 atom stereocenters.